The zero-order chi connectivity index (χ0) is 12.1. The van der Waals surface area contributed by atoms with Crippen molar-refractivity contribution in [3.05, 3.63) is 5.01 Å². The number of nitrogens with zero attached hydrogens (tertiary/aromatic N) is 2. The van der Waals surface area contributed by atoms with Crippen LogP contribution in [0.5, 0.6) is 0 Å². The molecule has 0 aliphatic heterocycles. The van der Waals surface area contributed by atoms with E-state index in [9.17, 15) is 4.79 Å². The standard InChI is InChI=1S/C10H18N4OS.ClH/c1-4-5-7-13-14-10(16-7)12-9(15)8(11)6(2)3;/h6,8H,4-5,11H2,1-3H3,(H,12,14,15);1H/t8-;/m0./s1. The summed E-state index contributed by atoms with van der Waals surface area (Å²) in [7, 11) is 0. The van der Waals surface area contributed by atoms with Crippen LogP contribution in [0.1, 0.15) is 32.2 Å². The van der Waals surface area contributed by atoms with E-state index >= 15 is 0 Å². The predicted octanol–water partition coefficient (Wildman–Crippen LogP) is 1.83. The highest BCUT2D eigenvalue weighted by atomic mass is 35.5. The smallest absolute Gasteiger partial charge is 0.243 e. The second kappa shape index (κ2) is 7.58. The number of amides is 1. The summed E-state index contributed by atoms with van der Waals surface area (Å²) in [5, 5.41) is 12.0. The zero-order valence-electron chi connectivity index (χ0n) is 10.3. The highest BCUT2D eigenvalue weighted by molar-refractivity contribution is 7.15. The molecule has 3 N–H and O–H groups in total. The minimum atomic E-state index is -0.501. The molecule has 0 saturated carbocycles. The SMILES string of the molecule is CCCc1nnc(NC(=O)[C@@H](N)C(C)C)s1.Cl. The Balaban J connectivity index is 0.00000256. The molecular weight excluding hydrogens is 260 g/mol. The summed E-state index contributed by atoms with van der Waals surface area (Å²) < 4.78 is 0. The third-order valence-corrected chi connectivity index (χ3v) is 3.08. The van der Waals surface area contributed by atoms with Crippen LogP contribution in [-0.2, 0) is 11.2 Å². The Morgan fingerprint density at radius 3 is 2.65 bits per heavy atom. The first-order chi connectivity index (χ1) is 7.54. The second-order valence-electron chi connectivity index (χ2n) is 4.01. The van der Waals surface area contributed by atoms with Crippen molar-refractivity contribution in [2.24, 2.45) is 11.7 Å². The van der Waals surface area contributed by atoms with Crippen LogP contribution in [0.15, 0.2) is 0 Å². The van der Waals surface area contributed by atoms with Crippen molar-refractivity contribution in [1.82, 2.24) is 10.2 Å². The number of halogens is 1. The van der Waals surface area contributed by atoms with Crippen molar-refractivity contribution >= 4 is 34.8 Å². The highest BCUT2D eigenvalue weighted by Crippen LogP contribution is 2.16. The maximum atomic E-state index is 11.6. The molecule has 98 valence electrons. The lowest BCUT2D eigenvalue weighted by Crippen LogP contribution is -2.39. The third-order valence-electron chi connectivity index (χ3n) is 2.18. The van der Waals surface area contributed by atoms with Gasteiger partial charge < -0.3 is 5.73 Å². The van der Waals surface area contributed by atoms with Gasteiger partial charge in [0.15, 0.2) is 0 Å². The van der Waals surface area contributed by atoms with Crippen molar-refractivity contribution < 1.29 is 4.79 Å². The topological polar surface area (TPSA) is 80.9 Å². The molecule has 1 amide bonds. The summed E-state index contributed by atoms with van der Waals surface area (Å²) in [5.41, 5.74) is 5.72. The molecule has 0 spiro atoms. The molecule has 1 aromatic heterocycles. The molecule has 17 heavy (non-hydrogen) atoms. The lowest BCUT2D eigenvalue weighted by Gasteiger charge is -2.13. The van der Waals surface area contributed by atoms with Gasteiger partial charge in [0.2, 0.25) is 11.0 Å². The molecule has 0 aliphatic rings. The number of aryl methyl sites for hydroxylation is 1. The van der Waals surface area contributed by atoms with Crippen LogP contribution in [0.4, 0.5) is 5.13 Å². The van der Waals surface area contributed by atoms with E-state index in [1.807, 2.05) is 13.8 Å². The summed E-state index contributed by atoms with van der Waals surface area (Å²) in [6, 6.07) is -0.501. The van der Waals surface area contributed by atoms with E-state index in [0.717, 1.165) is 17.8 Å². The molecule has 0 aromatic carbocycles. The summed E-state index contributed by atoms with van der Waals surface area (Å²) in [5.74, 6) is -0.0859. The molecule has 7 heteroatoms. The number of carbonyl (C=O) groups excluding carboxylic acids is 1. The van der Waals surface area contributed by atoms with E-state index in [1.165, 1.54) is 11.3 Å². The van der Waals surface area contributed by atoms with Crippen LogP contribution in [0.25, 0.3) is 0 Å². The van der Waals surface area contributed by atoms with E-state index in [2.05, 4.69) is 22.4 Å². The molecule has 0 aliphatic carbocycles. The van der Waals surface area contributed by atoms with Gasteiger partial charge in [0.1, 0.15) is 5.01 Å². The second-order valence-corrected chi connectivity index (χ2v) is 5.07. The van der Waals surface area contributed by atoms with Crippen molar-refractivity contribution in [2.75, 3.05) is 5.32 Å². The minimum Gasteiger partial charge on any atom is -0.320 e. The van der Waals surface area contributed by atoms with Gasteiger partial charge in [0, 0.05) is 6.42 Å². The van der Waals surface area contributed by atoms with Crippen LogP contribution >= 0.6 is 23.7 Å². The maximum Gasteiger partial charge on any atom is 0.243 e. The Morgan fingerprint density at radius 2 is 2.12 bits per heavy atom. The number of hydrogen-bond donors (Lipinski definition) is 2. The number of nitrogens with one attached hydrogen (secondary N) is 1. The molecule has 5 nitrogen and oxygen atoms in total. The molecule has 0 saturated heterocycles. The molecule has 0 fully saturated rings. The summed E-state index contributed by atoms with van der Waals surface area (Å²) in [6.07, 6.45) is 1.91. The zero-order valence-corrected chi connectivity index (χ0v) is 11.9. The molecule has 0 radical (unpaired) electrons. The molecule has 1 aromatic rings. The van der Waals surface area contributed by atoms with E-state index < -0.39 is 6.04 Å². The van der Waals surface area contributed by atoms with Crippen molar-refractivity contribution in [3.63, 3.8) is 0 Å². The van der Waals surface area contributed by atoms with Gasteiger partial charge >= 0.3 is 0 Å². The highest BCUT2D eigenvalue weighted by Gasteiger charge is 2.18. The van der Waals surface area contributed by atoms with Gasteiger partial charge in [-0.25, -0.2) is 0 Å². The molecule has 1 heterocycles. The number of hydrogen-bond acceptors (Lipinski definition) is 5. The van der Waals surface area contributed by atoms with E-state index in [0.29, 0.717) is 5.13 Å². The maximum absolute atomic E-state index is 11.6. The molecular formula is C10H19ClN4OS. The fourth-order valence-corrected chi connectivity index (χ4v) is 1.95. The summed E-state index contributed by atoms with van der Waals surface area (Å²) in [6.45, 7) is 5.90. The van der Waals surface area contributed by atoms with Crippen LogP contribution in [-0.4, -0.2) is 22.1 Å². The Hall–Kier alpha value is -0.720. The molecule has 0 bridgehead atoms. The molecule has 0 unspecified atom stereocenters. The van der Waals surface area contributed by atoms with Crippen LogP contribution in [0.3, 0.4) is 0 Å². The van der Waals surface area contributed by atoms with Crippen LogP contribution in [0, 0.1) is 5.92 Å². The van der Waals surface area contributed by atoms with Gasteiger partial charge in [0.25, 0.3) is 0 Å². The van der Waals surface area contributed by atoms with Gasteiger partial charge in [-0.2, -0.15) is 0 Å². The quantitative estimate of drug-likeness (QED) is 0.861. The Labute approximate surface area is 112 Å². The first-order valence-corrected chi connectivity index (χ1v) is 6.25. The monoisotopic (exact) mass is 278 g/mol. The summed E-state index contributed by atoms with van der Waals surface area (Å²) in [4.78, 5) is 11.6. The average molecular weight is 279 g/mol. The largest absolute Gasteiger partial charge is 0.320 e. The number of anilines is 1. The van der Waals surface area contributed by atoms with Crippen molar-refractivity contribution in [2.45, 2.75) is 39.7 Å². The normalized spacial score (nSPS) is 12.1. The van der Waals surface area contributed by atoms with E-state index in [1.54, 1.807) is 0 Å². The fraction of sp³-hybridized carbons (Fsp3) is 0.700. The lowest BCUT2D eigenvalue weighted by molar-refractivity contribution is -0.118. The summed E-state index contributed by atoms with van der Waals surface area (Å²) >= 11 is 1.41. The Morgan fingerprint density at radius 1 is 1.47 bits per heavy atom. The number of rotatable bonds is 5. The molecule has 1 atom stereocenters. The minimum absolute atomic E-state index is 0. The van der Waals surface area contributed by atoms with Gasteiger partial charge in [0.05, 0.1) is 6.04 Å². The van der Waals surface area contributed by atoms with Crippen LogP contribution < -0.4 is 11.1 Å². The van der Waals surface area contributed by atoms with E-state index in [4.69, 9.17) is 5.73 Å². The van der Waals surface area contributed by atoms with Gasteiger partial charge in [-0.05, 0) is 12.3 Å². The Kier molecular flexibility index (Phi) is 7.26. The van der Waals surface area contributed by atoms with Crippen molar-refractivity contribution in [3.8, 4) is 0 Å². The van der Waals surface area contributed by atoms with Crippen LogP contribution in [0.2, 0.25) is 0 Å². The number of aromatic nitrogens is 2. The average Bonchev–Trinajstić information content (AvgIpc) is 2.65. The predicted molar refractivity (Wildman–Crippen MR) is 72.6 cm³/mol. The third kappa shape index (κ3) is 4.97. The lowest BCUT2D eigenvalue weighted by atomic mass is 10.1. The van der Waals surface area contributed by atoms with Gasteiger partial charge in [-0.1, -0.05) is 32.1 Å². The van der Waals surface area contributed by atoms with E-state index in [-0.39, 0.29) is 24.2 Å². The number of nitrogens with two attached hydrogens (primary N) is 1. The molecule has 1 rings (SSSR count). The fourth-order valence-electron chi connectivity index (χ4n) is 1.11. The van der Waals surface area contributed by atoms with Gasteiger partial charge in [-0.15, -0.1) is 22.6 Å². The first kappa shape index (κ1) is 16.3. The first-order valence-electron chi connectivity index (χ1n) is 5.43. The number of carbonyl (C=O) groups is 1. The Bertz CT molecular complexity index is 356. The van der Waals surface area contributed by atoms with Gasteiger partial charge in [-0.3, -0.25) is 10.1 Å². The van der Waals surface area contributed by atoms with Crippen molar-refractivity contribution in [1.29, 1.82) is 0 Å².